The van der Waals surface area contributed by atoms with Crippen LogP contribution in [0.4, 0.5) is 0 Å². The SMILES string of the molecule is CCC(NC(C)C1CCCCC1)c1ccccc1O. The van der Waals surface area contributed by atoms with Crippen LogP contribution in [0.1, 0.15) is 64.0 Å². The summed E-state index contributed by atoms with van der Waals surface area (Å²) in [5.74, 6) is 1.21. The van der Waals surface area contributed by atoms with Crippen molar-refractivity contribution in [2.75, 3.05) is 0 Å². The number of phenols is 1. The van der Waals surface area contributed by atoms with E-state index >= 15 is 0 Å². The third-order valence-electron chi connectivity index (χ3n) is 4.54. The van der Waals surface area contributed by atoms with Crippen LogP contribution in [-0.4, -0.2) is 11.1 Å². The highest BCUT2D eigenvalue weighted by Gasteiger charge is 2.23. The standard InChI is InChI=1S/C17H27NO/c1-3-16(15-11-7-8-12-17(15)19)18-13(2)14-9-5-4-6-10-14/h7-8,11-14,16,18-19H,3-6,9-10H2,1-2H3. The lowest BCUT2D eigenvalue weighted by molar-refractivity contribution is 0.261. The first-order chi connectivity index (χ1) is 9.22. The molecule has 0 spiro atoms. The highest BCUT2D eigenvalue weighted by atomic mass is 16.3. The van der Waals surface area contributed by atoms with E-state index in [-0.39, 0.29) is 6.04 Å². The van der Waals surface area contributed by atoms with E-state index in [1.165, 1.54) is 32.1 Å². The summed E-state index contributed by atoms with van der Waals surface area (Å²) in [6.45, 7) is 4.48. The molecule has 2 rings (SSSR count). The molecule has 1 aliphatic carbocycles. The van der Waals surface area contributed by atoms with Crippen molar-refractivity contribution in [1.29, 1.82) is 0 Å². The van der Waals surface area contributed by atoms with Gasteiger partial charge in [0.25, 0.3) is 0 Å². The van der Waals surface area contributed by atoms with Crippen LogP contribution in [0, 0.1) is 5.92 Å². The van der Waals surface area contributed by atoms with E-state index in [2.05, 4.69) is 19.2 Å². The Morgan fingerprint density at radius 1 is 1.21 bits per heavy atom. The van der Waals surface area contributed by atoms with Crippen molar-refractivity contribution in [3.8, 4) is 5.75 Å². The maximum Gasteiger partial charge on any atom is 0.120 e. The highest BCUT2D eigenvalue weighted by molar-refractivity contribution is 5.34. The van der Waals surface area contributed by atoms with Crippen molar-refractivity contribution < 1.29 is 5.11 Å². The number of aromatic hydroxyl groups is 1. The molecule has 0 aromatic heterocycles. The molecule has 1 aromatic rings. The molecule has 1 aliphatic rings. The van der Waals surface area contributed by atoms with Crippen molar-refractivity contribution in [3.05, 3.63) is 29.8 Å². The molecule has 0 bridgehead atoms. The molecule has 0 saturated heterocycles. The third kappa shape index (κ3) is 3.73. The molecule has 2 nitrogen and oxygen atoms in total. The second-order valence-electron chi connectivity index (χ2n) is 5.87. The van der Waals surface area contributed by atoms with Crippen LogP contribution in [0.3, 0.4) is 0 Å². The Morgan fingerprint density at radius 2 is 1.89 bits per heavy atom. The monoisotopic (exact) mass is 261 g/mol. The van der Waals surface area contributed by atoms with Crippen LogP contribution >= 0.6 is 0 Å². The van der Waals surface area contributed by atoms with Crippen molar-refractivity contribution in [2.45, 2.75) is 64.5 Å². The van der Waals surface area contributed by atoms with Crippen LogP contribution in [0.2, 0.25) is 0 Å². The average molecular weight is 261 g/mol. The summed E-state index contributed by atoms with van der Waals surface area (Å²) in [6, 6.07) is 8.50. The van der Waals surface area contributed by atoms with Gasteiger partial charge in [-0.2, -0.15) is 0 Å². The van der Waals surface area contributed by atoms with Crippen molar-refractivity contribution in [3.63, 3.8) is 0 Å². The van der Waals surface area contributed by atoms with Gasteiger partial charge >= 0.3 is 0 Å². The van der Waals surface area contributed by atoms with Gasteiger partial charge in [-0.1, -0.05) is 44.4 Å². The molecule has 1 aromatic carbocycles. The average Bonchev–Trinajstić information content (AvgIpc) is 2.46. The largest absolute Gasteiger partial charge is 0.508 e. The lowest BCUT2D eigenvalue weighted by atomic mass is 9.84. The molecule has 0 heterocycles. The molecule has 0 aliphatic heterocycles. The van der Waals surface area contributed by atoms with Crippen LogP contribution in [0.5, 0.6) is 5.75 Å². The topological polar surface area (TPSA) is 32.3 Å². The van der Waals surface area contributed by atoms with Gasteiger partial charge < -0.3 is 10.4 Å². The zero-order valence-electron chi connectivity index (χ0n) is 12.2. The molecule has 2 N–H and O–H groups in total. The van der Waals surface area contributed by atoms with Gasteiger partial charge in [0.05, 0.1) is 0 Å². The van der Waals surface area contributed by atoms with Crippen molar-refractivity contribution >= 4 is 0 Å². The predicted molar refractivity (Wildman–Crippen MR) is 80.3 cm³/mol. The Bertz CT molecular complexity index is 385. The molecule has 106 valence electrons. The van der Waals surface area contributed by atoms with Gasteiger partial charge in [-0.15, -0.1) is 0 Å². The fourth-order valence-corrected chi connectivity index (χ4v) is 3.30. The van der Waals surface area contributed by atoms with Crippen molar-refractivity contribution in [1.82, 2.24) is 5.32 Å². The Kier molecular flexibility index (Phi) is 5.26. The van der Waals surface area contributed by atoms with E-state index in [9.17, 15) is 5.11 Å². The van der Waals surface area contributed by atoms with E-state index in [1.807, 2.05) is 18.2 Å². The molecule has 2 atom stereocenters. The van der Waals surface area contributed by atoms with E-state index in [1.54, 1.807) is 6.07 Å². The zero-order valence-corrected chi connectivity index (χ0v) is 12.2. The van der Waals surface area contributed by atoms with Crippen LogP contribution in [0.25, 0.3) is 0 Å². The molecular formula is C17H27NO. The van der Waals surface area contributed by atoms with Gasteiger partial charge in [-0.25, -0.2) is 0 Å². The van der Waals surface area contributed by atoms with Gasteiger partial charge in [0.15, 0.2) is 0 Å². The van der Waals surface area contributed by atoms with Gasteiger partial charge in [0.1, 0.15) is 5.75 Å². The van der Waals surface area contributed by atoms with Crippen LogP contribution in [0.15, 0.2) is 24.3 Å². The Hall–Kier alpha value is -1.02. The molecule has 0 radical (unpaired) electrons. The second kappa shape index (κ2) is 6.95. The fourth-order valence-electron chi connectivity index (χ4n) is 3.30. The summed E-state index contributed by atoms with van der Waals surface area (Å²) in [7, 11) is 0. The third-order valence-corrected chi connectivity index (χ3v) is 4.54. The first-order valence-electron chi connectivity index (χ1n) is 7.76. The van der Waals surface area contributed by atoms with E-state index < -0.39 is 0 Å². The quantitative estimate of drug-likeness (QED) is 0.823. The first kappa shape index (κ1) is 14.4. The predicted octanol–water partition coefficient (Wildman–Crippen LogP) is 4.40. The summed E-state index contributed by atoms with van der Waals surface area (Å²) in [6.07, 6.45) is 7.87. The van der Waals surface area contributed by atoms with Gasteiger partial charge in [-0.05, 0) is 38.2 Å². The Labute approximate surface area is 117 Å². The first-order valence-corrected chi connectivity index (χ1v) is 7.76. The molecular weight excluding hydrogens is 234 g/mol. The zero-order chi connectivity index (χ0) is 13.7. The van der Waals surface area contributed by atoms with E-state index in [0.29, 0.717) is 11.8 Å². The minimum atomic E-state index is 0.262. The number of phenolic OH excluding ortho intramolecular Hbond substituents is 1. The number of hydrogen-bond acceptors (Lipinski definition) is 2. The van der Waals surface area contributed by atoms with Crippen LogP contribution in [-0.2, 0) is 0 Å². The van der Waals surface area contributed by atoms with Gasteiger partial charge in [0, 0.05) is 17.6 Å². The Balaban J connectivity index is 2.00. The summed E-state index contributed by atoms with van der Waals surface area (Å²) < 4.78 is 0. The maximum absolute atomic E-state index is 10.00. The summed E-state index contributed by atoms with van der Waals surface area (Å²) in [5, 5.41) is 13.7. The minimum absolute atomic E-state index is 0.262. The van der Waals surface area contributed by atoms with Crippen LogP contribution < -0.4 is 5.32 Å². The van der Waals surface area contributed by atoms with E-state index in [0.717, 1.165) is 17.9 Å². The minimum Gasteiger partial charge on any atom is -0.508 e. The van der Waals surface area contributed by atoms with E-state index in [4.69, 9.17) is 0 Å². The number of hydrogen-bond donors (Lipinski definition) is 2. The van der Waals surface area contributed by atoms with Gasteiger partial charge in [-0.3, -0.25) is 0 Å². The molecule has 1 fully saturated rings. The highest BCUT2D eigenvalue weighted by Crippen LogP contribution is 2.30. The molecule has 2 heteroatoms. The number of para-hydroxylation sites is 1. The second-order valence-corrected chi connectivity index (χ2v) is 5.87. The lowest BCUT2D eigenvalue weighted by Gasteiger charge is -2.32. The smallest absolute Gasteiger partial charge is 0.120 e. The summed E-state index contributed by atoms with van der Waals surface area (Å²) in [5.41, 5.74) is 1.03. The molecule has 1 saturated carbocycles. The number of benzene rings is 1. The molecule has 19 heavy (non-hydrogen) atoms. The Morgan fingerprint density at radius 3 is 2.53 bits per heavy atom. The number of nitrogens with one attached hydrogen (secondary N) is 1. The maximum atomic E-state index is 10.00. The fraction of sp³-hybridized carbons (Fsp3) is 0.647. The van der Waals surface area contributed by atoms with Gasteiger partial charge in [0.2, 0.25) is 0 Å². The van der Waals surface area contributed by atoms with Crippen molar-refractivity contribution in [2.24, 2.45) is 5.92 Å². The number of rotatable bonds is 5. The molecule has 0 amide bonds. The summed E-state index contributed by atoms with van der Waals surface area (Å²) in [4.78, 5) is 0. The lowest BCUT2D eigenvalue weighted by Crippen LogP contribution is -2.37. The normalized spacial score (nSPS) is 20.1. The molecule has 2 unspecified atom stereocenters. The summed E-state index contributed by atoms with van der Waals surface area (Å²) >= 11 is 0.